The maximum atomic E-state index is 11.9. The molecule has 0 saturated heterocycles. The van der Waals surface area contributed by atoms with Crippen LogP contribution >= 0.6 is 0 Å². The summed E-state index contributed by atoms with van der Waals surface area (Å²) in [6, 6.07) is 11.8. The second-order valence-corrected chi connectivity index (χ2v) is 5.39. The van der Waals surface area contributed by atoms with Crippen LogP contribution in [0.15, 0.2) is 48.8 Å². The number of imidazole rings is 1. The quantitative estimate of drug-likeness (QED) is 0.789. The number of hydrogen-bond acceptors (Lipinski definition) is 2. The third kappa shape index (κ3) is 2.72. The van der Waals surface area contributed by atoms with Crippen molar-refractivity contribution in [3.63, 3.8) is 0 Å². The molecule has 3 aromatic rings. The van der Waals surface area contributed by atoms with Crippen LogP contribution in [0.4, 0.5) is 5.69 Å². The number of rotatable bonds is 4. The highest BCUT2D eigenvalue weighted by Gasteiger charge is 2.11. The standard InChI is InChI=1S/C18H19N3O/c1-3-7-17(22)19-15-10-5-4-9-14(15)16-12-21-11-6-8-13(2)18(21)20-16/h4-6,8-12H,3,7H2,1-2H3,(H,19,22). The number of amides is 1. The van der Waals surface area contributed by atoms with E-state index < -0.39 is 0 Å². The van der Waals surface area contributed by atoms with E-state index in [2.05, 4.69) is 5.32 Å². The third-order valence-electron chi connectivity index (χ3n) is 3.63. The second kappa shape index (κ2) is 6.02. The SMILES string of the molecule is CCCC(=O)Nc1ccccc1-c1cn2cccc(C)c2n1. The maximum absolute atomic E-state index is 11.9. The Labute approximate surface area is 129 Å². The van der Waals surface area contributed by atoms with Gasteiger partial charge in [0.1, 0.15) is 5.65 Å². The fourth-order valence-corrected chi connectivity index (χ4v) is 2.54. The summed E-state index contributed by atoms with van der Waals surface area (Å²) in [4.78, 5) is 16.6. The molecule has 0 fully saturated rings. The minimum atomic E-state index is 0.0369. The lowest BCUT2D eigenvalue weighted by atomic mass is 10.1. The van der Waals surface area contributed by atoms with Crippen molar-refractivity contribution in [3.8, 4) is 11.3 Å². The lowest BCUT2D eigenvalue weighted by molar-refractivity contribution is -0.116. The molecule has 0 unspecified atom stereocenters. The molecule has 4 heteroatoms. The Hall–Kier alpha value is -2.62. The Bertz CT molecular complexity index is 820. The Balaban J connectivity index is 2.03. The number of nitrogens with one attached hydrogen (secondary N) is 1. The van der Waals surface area contributed by atoms with E-state index in [-0.39, 0.29) is 5.91 Å². The Morgan fingerprint density at radius 2 is 2.05 bits per heavy atom. The number of benzene rings is 1. The number of carbonyl (C=O) groups is 1. The number of carbonyl (C=O) groups excluding carboxylic acids is 1. The average Bonchev–Trinajstić information content (AvgIpc) is 2.93. The molecule has 0 bridgehead atoms. The van der Waals surface area contributed by atoms with Crippen LogP contribution in [0, 0.1) is 6.92 Å². The molecule has 2 aromatic heterocycles. The van der Waals surface area contributed by atoms with Crippen LogP contribution in [-0.4, -0.2) is 15.3 Å². The third-order valence-corrected chi connectivity index (χ3v) is 3.63. The summed E-state index contributed by atoms with van der Waals surface area (Å²) in [5.41, 5.74) is 4.67. The van der Waals surface area contributed by atoms with Gasteiger partial charge < -0.3 is 9.72 Å². The normalized spacial score (nSPS) is 10.8. The molecule has 1 aromatic carbocycles. The molecule has 4 nitrogen and oxygen atoms in total. The van der Waals surface area contributed by atoms with Gasteiger partial charge in [-0.1, -0.05) is 31.2 Å². The zero-order valence-corrected chi connectivity index (χ0v) is 12.8. The van der Waals surface area contributed by atoms with Gasteiger partial charge in [0.05, 0.1) is 11.4 Å². The largest absolute Gasteiger partial charge is 0.325 e. The molecule has 112 valence electrons. The number of anilines is 1. The summed E-state index contributed by atoms with van der Waals surface area (Å²) in [7, 11) is 0. The van der Waals surface area contributed by atoms with E-state index in [1.54, 1.807) is 0 Å². The second-order valence-electron chi connectivity index (χ2n) is 5.39. The summed E-state index contributed by atoms with van der Waals surface area (Å²) in [5, 5.41) is 2.98. The highest BCUT2D eigenvalue weighted by Crippen LogP contribution is 2.28. The first kappa shape index (κ1) is 14.3. The summed E-state index contributed by atoms with van der Waals surface area (Å²) < 4.78 is 2.01. The highest BCUT2D eigenvalue weighted by molar-refractivity contribution is 5.95. The molecule has 3 rings (SSSR count). The summed E-state index contributed by atoms with van der Waals surface area (Å²) in [5.74, 6) is 0.0369. The zero-order chi connectivity index (χ0) is 15.5. The van der Waals surface area contributed by atoms with Crippen LogP contribution in [0.3, 0.4) is 0 Å². The smallest absolute Gasteiger partial charge is 0.224 e. The first-order chi connectivity index (χ1) is 10.7. The van der Waals surface area contributed by atoms with Gasteiger partial charge in [0.25, 0.3) is 0 Å². The molecule has 22 heavy (non-hydrogen) atoms. The van der Waals surface area contributed by atoms with E-state index in [0.29, 0.717) is 6.42 Å². The number of pyridine rings is 1. The molecule has 1 N–H and O–H groups in total. The first-order valence-corrected chi connectivity index (χ1v) is 7.52. The van der Waals surface area contributed by atoms with E-state index >= 15 is 0 Å². The lowest BCUT2D eigenvalue weighted by Gasteiger charge is -2.08. The van der Waals surface area contributed by atoms with Crippen molar-refractivity contribution in [3.05, 3.63) is 54.4 Å². The van der Waals surface area contributed by atoms with Crippen LogP contribution in [0.5, 0.6) is 0 Å². The van der Waals surface area contributed by atoms with Crippen LogP contribution in [0.2, 0.25) is 0 Å². The van der Waals surface area contributed by atoms with Gasteiger partial charge in [-0.15, -0.1) is 0 Å². The molecule has 0 radical (unpaired) electrons. The van der Waals surface area contributed by atoms with Gasteiger partial charge in [-0.2, -0.15) is 0 Å². The Morgan fingerprint density at radius 1 is 1.23 bits per heavy atom. The van der Waals surface area contributed by atoms with Crippen LogP contribution < -0.4 is 5.32 Å². The highest BCUT2D eigenvalue weighted by atomic mass is 16.1. The van der Waals surface area contributed by atoms with Crippen molar-refractivity contribution in [1.29, 1.82) is 0 Å². The number of para-hydroxylation sites is 1. The molecule has 0 aliphatic carbocycles. The zero-order valence-electron chi connectivity index (χ0n) is 12.8. The number of aryl methyl sites for hydroxylation is 1. The molecule has 0 saturated carbocycles. The van der Waals surface area contributed by atoms with Crippen molar-refractivity contribution in [2.24, 2.45) is 0 Å². The van der Waals surface area contributed by atoms with Crippen molar-refractivity contribution < 1.29 is 4.79 Å². The predicted octanol–water partition coefficient (Wildman–Crippen LogP) is 4.05. The molecule has 1 amide bonds. The van der Waals surface area contributed by atoms with Gasteiger partial charge in [-0.3, -0.25) is 4.79 Å². The Kier molecular flexibility index (Phi) is 3.92. The first-order valence-electron chi connectivity index (χ1n) is 7.52. The van der Waals surface area contributed by atoms with Crippen molar-refractivity contribution in [2.75, 3.05) is 5.32 Å². The molecule has 0 aliphatic rings. The maximum Gasteiger partial charge on any atom is 0.224 e. The lowest BCUT2D eigenvalue weighted by Crippen LogP contribution is -2.11. The molecule has 0 aliphatic heterocycles. The monoisotopic (exact) mass is 293 g/mol. The van der Waals surface area contributed by atoms with E-state index in [9.17, 15) is 4.79 Å². The van der Waals surface area contributed by atoms with E-state index in [4.69, 9.17) is 4.98 Å². The molecule has 0 spiro atoms. The molecular formula is C18H19N3O. The van der Waals surface area contributed by atoms with E-state index in [1.165, 1.54) is 0 Å². The average molecular weight is 293 g/mol. The van der Waals surface area contributed by atoms with Crippen LogP contribution in [-0.2, 0) is 4.79 Å². The summed E-state index contributed by atoms with van der Waals surface area (Å²) in [6.07, 6.45) is 5.34. The van der Waals surface area contributed by atoms with Gasteiger partial charge in [0.15, 0.2) is 0 Å². The van der Waals surface area contributed by atoms with E-state index in [1.807, 2.05) is 67.0 Å². The van der Waals surface area contributed by atoms with Gasteiger partial charge in [-0.25, -0.2) is 4.98 Å². The van der Waals surface area contributed by atoms with Gasteiger partial charge in [-0.05, 0) is 31.0 Å². The van der Waals surface area contributed by atoms with Crippen molar-refractivity contribution in [1.82, 2.24) is 9.38 Å². The van der Waals surface area contributed by atoms with Gasteiger partial charge in [0.2, 0.25) is 5.91 Å². The fourth-order valence-electron chi connectivity index (χ4n) is 2.54. The number of nitrogens with zero attached hydrogens (tertiary/aromatic N) is 2. The molecular weight excluding hydrogens is 274 g/mol. The van der Waals surface area contributed by atoms with Crippen molar-refractivity contribution in [2.45, 2.75) is 26.7 Å². The summed E-state index contributed by atoms with van der Waals surface area (Å²) >= 11 is 0. The topological polar surface area (TPSA) is 46.4 Å². The molecule has 0 atom stereocenters. The summed E-state index contributed by atoms with van der Waals surface area (Å²) in [6.45, 7) is 4.04. The van der Waals surface area contributed by atoms with Crippen molar-refractivity contribution >= 4 is 17.2 Å². The van der Waals surface area contributed by atoms with Crippen LogP contribution in [0.1, 0.15) is 25.3 Å². The minimum absolute atomic E-state index is 0.0369. The van der Waals surface area contributed by atoms with Gasteiger partial charge >= 0.3 is 0 Å². The number of fused-ring (bicyclic) bond motifs is 1. The number of hydrogen-bond donors (Lipinski definition) is 1. The Morgan fingerprint density at radius 3 is 2.82 bits per heavy atom. The molecule has 2 heterocycles. The minimum Gasteiger partial charge on any atom is -0.325 e. The van der Waals surface area contributed by atoms with E-state index in [0.717, 1.165) is 34.6 Å². The van der Waals surface area contributed by atoms with Crippen LogP contribution in [0.25, 0.3) is 16.9 Å². The fraction of sp³-hybridized carbons (Fsp3) is 0.222. The number of aromatic nitrogens is 2. The predicted molar refractivity (Wildman–Crippen MR) is 88.9 cm³/mol. The van der Waals surface area contributed by atoms with Gasteiger partial charge in [0, 0.05) is 24.4 Å².